The van der Waals surface area contributed by atoms with Crippen LogP contribution in [0.25, 0.3) is 23.9 Å². The molecule has 0 amide bonds. The molecule has 0 spiro atoms. The number of aromatic nitrogens is 1. The average Bonchev–Trinajstić information content (AvgIpc) is 3.29. The predicted octanol–water partition coefficient (Wildman–Crippen LogP) is 3.90. The molecule has 1 aliphatic carbocycles. The quantitative estimate of drug-likeness (QED) is 0.837. The second-order valence-electron chi connectivity index (χ2n) is 7.57. The fraction of sp³-hybridized carbons (Fsp3) is 0.200. The van der Waals surface area contributed by atoms with Gasteiger partial charge in [0.05, 0.1) is 6.04 Å². The maximum atomic E-state index is 4.42. The lowest BCUT2D eigenvalue weighted by Crippen LogP contribution is -2.36. The molecule has 2 aromatic rings. The molecule has 2 heterocycles. The van der Waals surface area contributed by atoms with Crippen molar-refractivity contribution in [2.24, 2.45) is 0 Å². The number of hydrogen-bond acceptors (Lipinski definition) is 2. The topological polar surface area (TPSA) is 29.0 Å². The fourth-order valence-corrected chi connectivity index (χ4v) is 4.25. The van der Waals surface area contributed by atoms with E-state index >= 15 is 0 Å². The van der Waals surface area contributed by atoms with Crippen molar-refractivity contribution in [2.45, 2.75) is 31.8 Å². The molecule has 2 N–H and O–H groups in total. The molecule has 28 heavy (non-hydrogen) atoms. The number of piperidine rings is 1. The third-order valence-electron chi connectivity index (χ3n) is 5.75. The predicted molar refractivity (Wildman–Crippen MR) is 120 cm³/mol. The van der Waals surface area contributed by atoms with Crippen LogP contribution in [0.3, 0.4) is 0 Å². The first-order valence-corrected chi connectivity index (χ1v) is 9.69. The molecule has 0 bridgehead atoms. The van der Waals surface area contributed by atoms with Crippen LogP contribution in [-0.2, 0) is 6.54 Å². The molecular formula is C25H27N3. The standard InChI is InChI=1S/C25H27N3/c1-16-13-14-24(18(3)27-16)28-19(4)23-12-8-11-22(25(23)20(28)5)15-26-17(2)21-9-6-7-10-21/h6-9,11-12,24,26-27H,1-5,10,13-15H2. The molecule has 1 fully saturated rings. The molecule has 1 atom stereocenters. The molecule has 3 nitrogen and oxygen atoms in total. The third-order valence-corrected chi connectivity index (χ3v) is 5.75. The number of hydrogen-bond donors (Lipinski definition) is 2. The maximum absolute atomic E-state index is 4.42. The summed E-state index contributed by atoms with van der Waals surface area (Å²) in [6.45, 7) is 21.9. The van der Waals surface area contributed by atoms with Gasteiger partial charge >= 0.3 is 0 Å². The van der Waals surface area contributed by atoms with Gasteiger partial charge in [-0.3, -0.25) is 0 Å². The van der Waals surface area contributed by atoms with Crippen molar-refractivity contribution in [2.75, 3.05) is 0 Å². The van der Waals surface area contributed by atoms with Gasteiger partial charge in [-0.05, 0) is 30.4 Å². The summed E-state index contributed by atoms with van der Waals surface area (Å²) in [6.07, 6.45) is 9.16. The summed E-state index contributed by atoms with van der Waals surface area (Å²) in [7, 11) is 0. The maximum Gasteiger partial charge on any atom is 0.0738 e. The minimum atomic E-state index is 0.142. The van der Waals surface area contributed by atoms with E-state index in [1.165, 1.54) is 16.5 Å². The number of nitrogens with one attached hydrogen (secondary N) is 2. The van der Waals surface area contributed by atoms with E-state index in [0.29, 0.717) is 6.54 Å². The molecule has 0 saturated carbocycles. The second-order valence-corrected chi connectivity index (χ2v) is 7.57. The molecule has 1 aliphatic heterocycles. The van der Waals surface area contributed by atoms with Gasteiger partial charge in [-0.25, -0.2) is 0 Å². The van der Waals surface area contributed by atoms with Crippen LogP contribution >= 0.6 is 0 Å². The van der Waals surface area contributed by atoms with Crippen molar-refractivity contribution in [3.05, 3.63) is 95.1 Å². The largest absolute Gasteiger partial charge is 0.381 e. The van der Waals surface area contributed by atoms with Crippen molar-refractivity contribution < 1.29 is 0 Å². The molecule has 4 rings (SSSR count). The lowest BCUT2D eigenvalue weighted by Gasteiger charge is -2.29. The number of benzene rings is 1. The Kier molecular flexibility index (Phi) is 4.60. The van der Waals surface area contributed by atoms with Crippen LogP contribution in [0.5, 0.6) is 0 Å². The first-order chi connectivity index (χ1) is 13.5. The highest BCUT2D eigenvalue weighted by atomic mass is 15.1. The smallest absolute Gasteiger partial charge is 0.0738 e. The van der Waals surface area contributed by atoms with Crippen molar-refractivity contribution in [1.82, 2.24) is 15.2 Å². The van der Waals surface area contributed by atoms with Gasteiger partial charge in [-0.15, -0.1) is 0 Å². The van der Waals surface area contributed by atoms with Crippen LogP contribution < -0.4 is 21.3 Å². The van der Waals surface area contributed by atoms with Gasteiger partial charge in [-0.2, -0.15) is 0 Å². The molecular weight excluding hydrogens is 342 g/mol. The average molecular weight is 370 g/mol. The summed E-state index contributed by atoms with van der Waals surface area (Å²) in [5.74, 6) is 0. The van der Waals surface area contributed by atoms with Crippen molar-refractivity contribution >= 4 is 23.9 Å². The van der Waals surface area contributed by atoms with Crippen LogP contribution in [0.4, 0.5) is 0 Å². The monoisotopic (exact) mass is 369 g/mol. The Morgan fingerprint density at radius 1 is 1.18 bits per heavy atom. The lowest BCUT2D eigenvalue weighted by molar-refractivity contribution is 0.458. The molecule has 1 unspecified atom stereocenters. The highest BCUT2D eigenvalue weighted by Crippen LogP contribution is 2.27. The Hall–Kier alpha value is -3.20. The van der Waals surface area contributed by atoms with Gasteiger partial charge < -0.3 is 15.2 Å². The fourth-order valence-electron chi connectivity index (χ4n) is 4.25. The van der Waals surface area contributed by atoms with E-state index in [4.69, 9.17) is 0 Å². The molecule has 1 aromatic carbocycles. The second kappa shape index (κ2) is 7.08. The molecule has 1 saturated heterocycles. The summed E-state index contributed by atoms with van der Waals surface area (Å²) in [6, 6.07) is 6.51. The Morgan fingerprint density at radius 3 is 2.71 bits per heavy atom. The Morgan fingerprint density at radius 2 is 2.00 bits per heavy atom. The minimum Gasteiger partial charge on any atom is -0.381 e. The first kappa shape index (κ1) is 18.2. The zero-order chi connectivity index (χ0) is 19.8. The first-order valence-electron chi connectivity index (χ1n) is 9.69. The van der Waals surface area contributed by atoms with Gasteiger partial charge in [-0.1, -0.05) is 69.3 Å². The highest BCUT2D eigenvalue weighted by molar-refractivity contribution is 5.87. The summed E-state index contributed by atoms with van der Waals surface area (Å²) in [4.78, 5) is 0. The van der Waals surface area contributed by atoms with Crippen LogP contribution in [0.15, 0.2) is 78.8 Å². The van der Waals surface area contributed by atoms with E-state index in [2.05, 4.69) is 84.5 Å². The number of fused-ring (bicyclic) bond motifs is 1. The van der Waals surface area contributed by atoms with Crippen LogP contribution in [0.2, 0.25) is 0 Å². The van der Waals surface area contributed by atoms with Crippen LogP contribution in [-0.4, -0.2) is 4.57 Å². The summed E-state index contributed by atoms with van der Waals surface area (Å²) in [5.41, 5.74) is 5.40. The van der Waals surface area contributed by atoms with E-state index in [-0.39, 0.29) is 6.04 Å². The van der Waals surface area contributed by atoms with Crippen LogP contribution in [0, 0.1) is 0 Å². The molecule has 2 aliphatic rings. The van der Waals surface area contributed by atoms with Gasteiger partial charge in [0, 0.05) is 45.1 Å². The zero-order valence-corrected chi connectivity index (χ0v) is 16.4. The SMILES string of the molecule is C=C1CCC(n2c(=C)c3cccc(CNC(=C)C4=CC=CC4)c3c2=C)C(=C)N1. The minimum absolute atomic E-state index is 0.142. The molecule has 0 radical (unpaired) electrons. The molecule has 1 aromatic heterocycles. The van der Waals surface area contributed by atoms with Crippen LogP contribution in [0.1, 0.15) is 30.9 Å². The van der Waals surface area contributed by atoms with E-state index < -0.39 is 0 Å². The van der Waals surface area contributed by atoms with Gasteiger partial charge in [0.1, 0.15) is 0 Å². The van der Waals surface area contributed by atoms with E-state index in [0.717, 1.165) is 52.4 Å². The van der Waals surface area contributed by atoms with Crippen molar-refractivity contribution in [3.8, 4) is 0 Å². The summed E-state index contributed by atoms with van der Waals surface area (Å²) in [5, 5.41) is 11.1. The summed E-state index contributed by atoms with van der Waals surface area (Å²) < 4.78 is 2.23. The van der Waals surface area contributed by atoms with Gasteiger partial charge in [0.25, 0.3) is 0 Å². The normalized spacial score (nSPS) is 19.0. The lowest BCUT2D eigenvalue weighted by atomic mass is 10.0. The Labute approximate surface area is 166 Å². The third kappa shape index (κ3) is 3.03. The number of allylic oxidation sites excluding steroid dienone is 6. The zero-order valence-electron chi connectivity index (χ0n) is 16.4. The van der Waals surface area contributed by atoms with Gasteiger partial charge in [0.2, 0.25) is 0 Å². The summed E-state index contributed by atoms with van der Waals surface area (Å²) >= 11 is 0. The van der Waals surface area contributed by atoms with Crippen molar-refractivity contribution in [3.63, 3.8) is 0 Å². The Balaban J connectivity index is 1.69. The number of nitrogens with zero attached hydrogens (tertiary/aromatic N) is 1. The van der Waals surface area contributed by atoms with Gasteiger partial charge in [0.15, 0.2) is 0 Å². The van der Waals surface area contributed by atoms with E-state index in [1.807, 2.05) is 0 Å². The Bertz CT molecular complexity index is 1160. The van der Waals surface area contributed by atoms with Crippen molar-refractivity contribution in [1.29, 1.82) is 0 Å². The van der Waals surface area contributed by atoms with E-state index in [1.54, 1.807) is 0 Å². The number of rotatable bonds is 5. The molecule has 142 valence electrons. The highest BCUT2D eigenvalue weighted by Gasteiger charge is 2.23. The molecule has 3 heteroatoms. The van der Waals surface area contributed by atoms with E-state index in [9.17, 15) is 0 Å².